The van der Waals surface area contributed by atoms with Gasteiger partial charge in [0.05, 0.1) is 0 Å². The highest BCUT2D eigenvalue weighted by Gasteiger charge is 2.24. The van der Waals surface area contributed by atoms with Gasteiger partial charge in [-0.2, -0.15) is 0 Å². The molecule has 2 nitrogen and oxygen atoms in total. The normalized spacial score (nSPS) is 14.5. The van der Waals surface area contributed by atoms with Gasteiger partial charge in [0, 0.05) is 25.5 Å². The van der Waals surface area contributed by atoms with E-state index in [9.17, 15) is 0 Å². The summed E-state index contributed by atoms with van der Waals surface area (Å²) in [7, 11) is 0. The first-order valence-corrected chi connectivity index (χ1v) is 24.5. The minimum atomic E-state index is 0.636. The van der Waals surface area contributed by atoms with Crippen molar-refractivity contribution in [2.45, 2.75) is 290 Å². The first-order valence-electron chi connectivity index (χ1n) is 24.5. The van der Waals surface area contributed by atoms with Crippen LogP contribution in [-0.4, -0.2) is 29.1 Å². The fourth-order valence-corrected chi connectivity index (χ4v) is 8.48. The zero-order valence-corrected chi connectivity index (χ0v) is 36.0. The highest BCUT2D eigenvalue weighted by molar-refractivity contribution is 4.97. The minimum absolute atomic E-state index is 0.636. The third-order valence-corrected chi connectivity index (χ3v) is 12.1. The van der Waals surface area contributed by atoms with Gasteiger partial charge in [-0.1, -0.05) is 258 Å². The number of rotatable bonds is 43. The van der Waals surface area contributed by atoms with Gasteiger partial charge >= 0.3 is 0 Å². The van der Waals surface area contributed by atoms with Crippen LogP contribution in [0.1, 0.15) is 284 Å². The fraction of sp³-hybridized carbons (Fsp3) is 0.959. The van der Waals surface area contributed by atoms with Crippen LogP contribution in [0.3, 0.4) is 0 Å². The Morgan fingerprint density at radius 1 is 0.255 bits per heavy atom. The van der Waals surface area contributed by atoms with Crippen molar-refractivity contribution >= 4 is 0 Å². The molecular formula is C49H98N2. The van der Waals surface area contributed by atoms with Crippen LogP contribution in [0.2, 0.25) is 0 Å². The summed E-state index contributed by atoms with van der Waals surface area (Å²) < 4.78 is 0. The first kappa shape index (κ1) is 48.4. The van der Waals surface area contributed by atoms with Gasteiger partial charge in [0.15, 0.2) is 0 Å². The predicted octanol–water partition coefficient (Wildman–Crippen LogP) is 17.5. The second kappa shape index (κ2) is 40.5. The Hall–Kier alpha value is -0.660. The largest absolute Gasteiger partial charge is 0.356 e. The second-order valence-corrected chi connectivity index (χ2v) is 17.1. The van der Waals surface area contributed by atoms with E-state index >= 15 is 0 Å². The lowest BCUT2D eigenvalue weighted by molar-refractivity contribution is 0.135. The van der Waals surface area contributed by atoms with Crippen molar-refractivity contribution in [2.24, 2.45) is 0 Å². The summed E-state index contributed by atoms with van der Waals surface area (Å²) in [6, 6.07) is 0. The molecule has 0 aromatic carbocycles. The topological polar surface area (TPSA) is 6.48 Å². The van der Waals surface area contributed by atoms with Crippen LogP contribution in [-0.2, 0) is 0 Å². The summed E-state index contributed by atoms with van der Waals surface area (Å²) in [5, 5.41) is 0. The molecule has 0 N–H and O–H groups in total. The lowest BCUT2D eigenvalue weighted by atomic mass is 10.0. The lowest BCUT2D eigenvalue weighted by Gasteiger charge is -2.33. The summed E-state index contributed by atoms with van der Waals surface area (Å²) >= 11 is 0. The molecule has 1 unspecified atom stereocenters. The van der Waals surface area contributed by atoms with Crippen molar-refractivity contribution in [2.75, 3.05) is 13.1 Å². The van der Waals surface area contributed by atoms with Crippen LogP contribution in [0.25, 0.3) is 0 Å². The monoisotopic (exact) mass is 715 g/mol. The van der Waals surface area contributed by atoms with Gasteiger partial charge in [-0.25, -0.2) is 0 Å². The van der Waals surface area contributed by atoms with E-state index in [4.69, 9.17) is 0 Å². The molecule has 1 aliphatic heterocycles. The Kier molecular flexibility index (Phi) is 38.4. The molecule has 1 heterocycles. The van der Waals surface area contributed by atoms with Gasteiger partial charge < -0.3 is 9.80 Å². The lowest BCUT2D eigenvalue weighted by Crippen LogP contribution is -2.39. The van der Waals surface area contributed by atoms with Gasteiger partial charge in [-0.15, -0.1) is 0 Å². The Morgan fingerprint density at radius 3 is 0.686 bits per heavy atom. The molecule has 0 amide bonds. The molecule has 0 saturated heterocycles. The first-order chi connectivity index (χ1) is 25.3. The van der Waals surface area contributed by atoms with Crippen molar-refractivity contribution in [1.29, 1.82) is 0 Å². The molecular weight excluding hydrogens is 617 g/mol. The Labute approximate surface area is 324 Å². The average Bonchev–Trinajstić information content (AvgIpc) is 3.53. The molecule has 1 aliphatic rings. The van der Waals surface area contributed by atoms with E-state index in [2.05, 4.69) is 43.0 Å². The number of hydrogen-bond acceptors (Lipinski definition) is 2. The van der Waals surface area contributed by atoms with Crippen molar-refractivity contribution in [1.82, 2.24) is 9.80 Å². The third-order valence-electron chi connectivity index (χ3n) is 12.1. The molecule has 0 fully saturated rings. The summed E-state index contributed by atoms with van der Waals surface area (Å²) in [4.78, 5) is 5.47. The summed E-state index contributed by atoms with van der Waals surface area (Å²) in [5.74, 6) is 0. The van der Waals surface area contributed by atoms with Crippen LogP contribution in [0.15, 0.2) is 12.4 Å². The number of unbranched alkanes of at least 4 members (excludes halogenated alkanes) is 37. The molecule has 0 aromatic rings. The molecule has 1 atom stereocenters. The molecule has 0 spiro atoms. The van der Waals surface area contributed by atoms with E-state index < -0.39 is 0 Å². The third kappa shape index (κ3) is 32.5. The maximum atomic E-state index is 2.74. The van der Waals surface area contributed by atoms with E-state index in [1.165, 1.54) is 276 Å². The van der Waals surface area contributed by atoms with Crippen LogP contribution >= 0.6 is 0 Å². The number of hydrogen-bond donors (Lipinski definition) is 0. The van der Waals surface area contributed by atoms with Gasteiger partial charge in [-0.3, -0.25) is 0 Å². The van der Waals surface area contributed by atoms with Crippen molar-refractivity contribution in [3.05, 3.63) is 12.4 Å². The standard InChI is InChI=1S/C49H98N2/c1-4-7-10-13-16-19-22-24-26-28-30-32-35-38-41-44-49-50(45-42-39-36-33-21-18-15-12-9-6-3)47-48-51(49)46-43-40-37-34-31-29-27-25-23-20-17-14-11-8-5-2/h47-49H,4-46H2,1-3H3. The van der Waals surface area contributed by atoms with E-state index in [0.29, 0.717) is 6.17 Å². The average molecular weight is 715 g/mol. The molecule has 0 aromatic heterocycles. The van der Waals surface area contributed by atoms with Gasteiger partial charge in [0.1, 0.15) is 6.17 Å². The zero-order valence-electron chi connectivity index (χ0n) is 36.0. The minimum Gasteiger partial charge on any atom is -0.356 e. The molecule has 0 radical (unpaired) electrons. The Morgan fingerprint density at radius 2 is 0.451 bits per heavy atom. The molecule has 0 saturated carbocycles. The Balaban J connectivity index is 2.19. The van der Waals surface area contributed by atoms with Gasteiger partial charge in [0.25, 0.3) is 0 Å². The molecule has 1 rings (SSSR count). The van der Waals surface area contributed by atoms with E-state index in [1.54, 1.807) is 0 Å². The maximum Gasteiger partial charge on any atom is 0.101 e. The van der Waals surface area contributed by atoms with Crippen LogP contribution in [0.5, 0.6) is 0 Å². The quantitative estimate of drug-likeness (QED) is 0.0580. The molecule has 304 valence electrons. The van der Waals surface area contributed by atoms with Gasteiger partial charge in [-0.05, 0) is 25.7 Å². The van der Waals surface area contributed by atoms with Crippen molar-refractivity contribution in [3.63, 3.8) is 0 Å². The molecule has 0 aliphatic carbocycles. The zero-order chi connectivity index (χ0) is 36.6. The van der Waals surface area contributed by atoms with E-state index in [-0.39, 0.29) is 0 Å². The predicted molar refractivity (Wildman–Crippen MR) is 233 cm³/mol. The molecule has 0 bridgehead atoms. The van der Waals surface area contributed by atoms with Crippen LogP contribution in [0, 0.1) is 0 Å². The van der Waals surface area contributed by atoms with E-state index in [0.717, 1.165) is 0 Å². The van der Waals surface area contributed by atoms with Crippen molar-refractivity contribution < 1.29 is 0 Å². The smallest absolute Gasteiger partial charge is 0.101 e. The van der Waals surface area contributed by atoms with E-state index in [1.807, 2.05) is 0 Å². The van der Waals surface area contributed by atoms with Crippen molar-refractivity contribution in [3.8, 4) is 0 Å². The summed E-state index contributed by atoms with van der Waals surface area (Å²) in [5.41, 5.74) is 0. The maximum absolute atomic E-state index is 2.74. The highest BCUT2D eigenvalue weighted by atomic mass is 15.4. The van der Waals surface area contributed by atoms with Gasteiger partial charge in [0.2, 0.25) is 0 Å². The summed E-state index contributed by atoms with van der Waals surface area (Å²) in [6.07, 6.45) is 64.9. The highest BCUT2D eigenvalue weighted by Crippen LogP contribution is 2.24. The fourth-order valence-electron chi connectivity index (χ4n) is 8.48. The molecule has 2 heteroatoms. The van der Waals surface area contributed by atoms with Crippen LogP contribution in [0.4, 0.5) is 0 Å². The summed E-state index contributed by atoms with van der Waals surface area (Å²) in [6.45, 7) is 9.49. The SMILES string of the molecule is CCCCCCCCCCCCCCCCCC1N(CCCCCCCCCCCC)C=CN1CCCCCCCCCCCCCCCCC. The Bertz CT molecular complexity index is 673. The second-order valence-electron chi connectivity index (χ2n) is 17.1. The van der Waals surface area contributed by atoms with Crippen LogP contribution < -0.4 is 0 Å². The molecule has 51 heavy (non-hydrogen) atoms. The number of nitrogens with zero attached hydrogens (tertiary/aromatic N) is 2.